The van der Waals surface area contributed by atoms with E-state index >= 15 is 0 Å². The van der Waals surface area contributed by atoms with E-state index in [1.807, 2.05) is 30.3 Å². The summed E-state index contributed by atoms with van der Waals surface area (Å²) in [6, 6.07) is 42.7. The maximum atomic E-state index is 10.7. The number of anilines is 1. The Hall–Kier alpha value is -3.44. The Labute approximate surface area is 214 Å². The second kappa shape index (κ2) is 11.5. The first kappa shape index (κ1) is 24.3. The number of aliphatic hydroxyl groups excluding tert-OH is 1. The SMILES string of the molecule is O[C@@H](CNc1ccccc1)CN1CCN(C(c2ccccc2)(c2ccccc2)c2ccccc2)CC1. The molecule has 4 aromatic carbocycles. The Kier molecular flexibility index (Phi) is 7.77. The van der Waals surface area contributed by atoms with Gasteiger partial charge in [0.15, 0.2) is 0 Å². The molecule has 5 rings (SSSR count). The van der Waals surface area contributed by atoms with Crippen molar-refractivity contribution in [3.8, 4) is 0 Å². The van der Waals surface area contributed by atoms with Crippen LogP contribution in [0.25, 0.3) is 0 Å². The molecule has 0 unspecified atom stereocenters. The van der Waals surface area contributed by atoms with Gasteiger partial charge in [-0.05, 0) is 28.8 Å². The maximum Gasteiger partial charge on any atom is 0.0973 e. The average molecular weight is 478 g/mol. The first-order valence-corrected chi connectivity index (χ1v) is 12.9. The van der Waals surface area contributed by atoms with Crippen molar-refractivity contribution in [2.75, 3.05) is 44.6 Å². The number of β-amino-alcohol motifs (C(OH)–C–C–N with tert-alkyl or cyclic N) is 1. The Balaban J connectivity index is 1.37. The third kappa shape index (κ3) is 5.21. The molecule has 1 fully saturated rings. The van der Waals surface area contributed by atoms with E-state index in [1.165, 1.54) is 16.7 Å². The summed E-state index contributed by atoms with van der Waals surface area (Å²) < 4.78 is 0. The average Bonchev–Trinajstić information content (AvgIpc) is 2.96. The minimum Gasteiger partial charge on any atom is -0.390 e. The molecule has 1 aliphatic rings. The number of rotatable bonds is 9. The molecule has 4 nitrogen and oxygen atoms in total. The van der Waals surface area contributed by atoms with Crippen LogP contribution in [-0.4, -0.2) is 60.3 Å². The summed E-state index contributed by atoms with van der Waals surface area (Å²) in [5.41, 5.74) is 4.51. The summed E-state index contributed by atoms with van der Waals surface area (Å²) in [4.78, 5) is 5.01. The number of nitrogens with zero attached hydrogens (tertiary/aromatic N) is 2. The van der Waals surface area contributed by atoms with Crippen LogP contribution in [0.1, 0.15) is 16.7 Å². The van der Waals surface area contributed by atoms with Gasteiger partial charge in [0.25, 0.3) is 0 Å². The predicted octanol–water partition coefficient (Wildman–Crippen LogP) is 5.07. The first-order valence-electron chi connectivity index (χ1n) is 12.9. The molecular formula is C32H35N3O. The van der Waals surface area contributed by atoms with Crippen molar-refractivity contribution in [1.29, 1.82) is 0 Å². The van der Waals surface area contributed by atoms with Crippen LogP contribution in [-0.2, 0) is 5.54 Å². The third-order valence-corrected chi connectivity index (χ3v) is 7.21. The monoisotopic (exact) mass is 477 g/mol. The van der Waals surface area contributed by atoms with Gasteiger partial charge in [0.2, 0.25) is 0 Å². The highest BCUT2D eigenvalue weighted by Crippen LogP contribution is 2.42. The second-order valence-electron chi connectivity index (χ2n) is 9.50. The fraction of sp³-hybridized carbons (Fsp3) is 0.250. The Morgan fingerprint density at radius 3 is 1.47 bits per heavy atom. The summed E-state index contributed by atoms with van der Waals surface area (Å²) in [5, 5.41) is 14.0. The van der Waals surface area contributed by atoms with E-state index in [2.05, 4.69) is 106 Å². The Bertz CT molecular complexity index is 1080. The Morgan fingerprint density at radius 1 is 0.611 bits per heavy atom. The van der Waals surface area contributed by atoms with E-state index in [-0.39, 0.29) is 5.54 Å². The van der Waals surface area contributed by atoms with Gasteiger partial charge in [-0.15, -0.1) is 0 Å². The van der Waals surface area contributed by atoms with Crippen LogP contribution in [0.15, 0.2) is 121 Å². The van der Waals surface area contributed by atoms with Gasteiger partial charge in [0.1, 0.15) is 0 Å². The van der Waals surface area contributed by atoms with Gasteiger partial charge in [0, 0.05) is 45.0 Å². The minimum absolute atomic E-state index is 0.372. The zero-order valence-electron chi connectivity index (χ0n) is 20.7. The molecule has 0 aromatic heterocycles. The number of para-hydroxylation sites is 1. The van der Waals surface area contributed by atoms with Crippen molar-refractivity contribution < 1.29 is 5.11 Å². The lowest BCUT2D eigenvalue weighted by Gasteiger charge is -2.49. The number of benzene rings is 4. The van der Waals surface area contributed by atoms with Crippen molar-refractivity contribution >= 4 is 5.69 Å². The van der Waals surface area contributed by atoms with Crippen LogP contribution in [0.2, 0.25) is 0 Å². The van der Waals surface area contributed by atoms with Crippen LogP contribution in [0.4, 0.5) is 5.69 Å². The van der Waals surface area contributed by atoms with E-state index in [1.54, 1.807) is 0 Å². The highest BCUT2D eigenvalue weighted by molar-refractivity contribution is 5.49. The maximum absolute atomic E-state index is 10.7. The minimum atomic E-state index is -0.418. The third-order valence-electron chi connectivity index (χ3n) is 7.21. The lowest BCUT2D eigenvalue weighted by atomic mass is 9.75. The van der Waals surface area contributed by atoms with E-state index in [0.717, 1.165) is 31.9 Å². The lowest BCUT2D eigenvalue weighted by Crippen LogP contribution is -2.57. The molecule has 0 aliphatic carbocycles. The molecule has 0 bridgehead atoms. The largest absolute Gasteiger partial charge is 0.390 e. The topological polar surface area (TPSA) is 38.7 Å². The zero-order chi connectivity index (χ0) is 24.6. The smallest absolute Gasteiger partial charge is 0.0973 e. The second-order valence-corrected chi connectivity index (χ2v) is 9.50. The summed E-state index contributed by atoms with van der Waals surface area (Å²) in [5.74, 6) is 0. The summed E-state index contributed by atoms with van der Waals surface area (Å²) >= 11 is 0. The molecule has 1 heterocycles. The fourth-order valence-corrected chi connectivity index (χ4v) is 5.51. The highest BCUT2D eigenvalue weighted by atomic mass is 16.3. The standard InChI is InChI=1S/C32H35N3O/c36-31(25-33-30-19-11-4-12-20-30)26-34-21-23-35(24-22-34)32(27-13-5-1-6-14-27,28-15-7-2-8-16-28)29-17-9-3-10-18-29/h1-20,31,33,36H,21-26H2/t31-/m0/s1. The summed E-state index contributed by atoms with van der Waals surface area (Å²) in [6.07, 6.45) is -0.418. The first-order chi connectivity index (χ1) is 17.8. The van der Waals surface area contributed by atoms with Gasteiger partial charge in [-0.2, -0.15) is 0 Å². The van der Waals surface area contributed by atoms with E-state index in [9.17, 15) is 5.11 Å². The molecule has 4 heteroatoms. The molecule has 1 atom stereocenters. The van der Waals surface area contributed by atoms with E-state index < -0.39 is 6.10 Å². The Morgan fingerprint density at radius 2 is 1.03 bits per heavy atom. The van der Waals surface area contributed by atoms with Gasteiger partial charge in [0.05, 0.1) is 11.6 Å². The molecular weight excluding hydrogens is 442 g/mol. The molecule has 4 aromatic rings. The van der Waals surface area contributed by atoms with Crippen LogP contribution < -0.4 is 5.32 Å². The molecule has 0 radical (unpaired) electrons. The summed E-state index contributed by atoms with van der Waals surface area (Å²) in [7, 11) is 0. The van der Waals surface area contributed by atoms with Crippen molar-refractivity contribution in [1.82, 2.24) is 9.80 Å². The molecule has 1 aliphatic heterocycles. The molecule has 0 amide bonds. The van der Waals surface area contributed by atoms with E-state index in [4.69, 9.17) is 0 Å². The molecule has 2 N–H and O–H groups in total. The number of nitrogens with one attached hydrogen (secondary N) is 1. The number of hydrogen-bond acceptors (Lipinski definition) is 4. The fourth-order valence-electron chi connectivity index (χ4n) is 5.51. The number of aliphatic hydroxyl groups is 1. The van der Waals surface area contributed by atoms with Gasteiger partial charge in [-0.1, -0.05) is 109 Å². The van der Waals surface area contributed by atoms with Crippen LogP contribution in [0, 0.1) is 0 Å². The summed E-state index contributed by atoms with van der Waals surface area (Å²) in [6.45, 7) is 4.87. The molecule has 0 saturated carbocycles. The van der Waals surface area contributed by atoms with Crippen LogP contribution in [0.5, 0.6) is 0 Å². The molecule has 36 heavy (non-hydrogen) atoms. The highest BCUT2D eigenvalue weighted by Gasteiger charge is 2.43. The van der Waals surface area contributed by atoms with E-state index in [0.29, 0.717) is 13.1 Å². The van der Waals surface area contributed by atoms with Crippen molar-refractivity contribution in [3.05, 3.63) is 138 Å². The van der Waals surface area contributed by atoms with Gasteiger partial charge in [-0.25, -0.2) is 0 Å². The number of hydrogen-bond donors (Lipinski definition) is 2. The van der Waals surface area contributed by atoms with Crippen molar-refractivity contribution in [3.63, 3.8) is 0 Å². The van der Waals surface area contributed by atoms with Gasteiger partial charge >= 0.3 is 0 Å². The zero-order valence-corrected chi connectivity index (χ0v) is 20.7. The normalized spacial score (nSPS) is 15.9. The van der Waals surface area contributed by atoms with Crippen LogP contribution in [0.3, 0.4) is 0 Å². The van der Waals surface area contributed by atoms with Crippen molar-refractivity contribution in [2.45, 2.75) is 11.6 Å². The molecule has 0 spiro atoms. The molecule has 1 saturated heterocycles. The van der Waals surface area contributed by atoms with Gasteiger partial charge in [-0.3, -0.25) is 9.80 Å². The molecule has 184 valence electrons. The number of piperazine rings is 1. The van der Waals surface area contributed by atoms with Crippen LogP contribution >= 0.6 is 0 Å². The predicted molar refractivity (Wildman–Crippen MR) is 148 cm³/mol. The van der Waals surface area contributed by atoms with Crippen molar-refractivity contribution in [2.24, 2.45) is 0 Å². The van der Waals surface area contributed by atoms with Gasteiger partial charge < -0.3 is 10.4 Å². The quantitative estimate of drug-likeness (QED) is 0.330. The lowest BCUT2D eigenvalue weighted by molar-refractivity contribution is 0.0462.